The Hall–Kier alpha value is -1.40. The molecule has 0 aliphatic heterocycles. The second-order valence-corrected chi connectivity index (χ2v) is 7.21. The number of benzene rings is 2. The van der Waals surface area contributed by atoms with Gasteiger partial charge >= 0.3 is 0 Å². The highest BCUT2D eigenvalue weighted by Crippen LogP contribution is 2.21. The van der Waals surface area contributed by atoms with Crippen molar-refractivity contribution in [2.75, 3.05) is 6.61 Å². The van der Waals surface area contributed by atoms with Crippen LogP contribution < -0.4 is 4.72 Å². The Morgan fingerprint density at radius 1 is 1.09 bits per heavy atom. The summed E-state index contributed by atoms with van der Waals surface area (Å²) in [5.41, 5.74) is 0.959. The molecule has 0 aliphatic rings. The molecule has 0 heterocycles. The summed E-state index contributed by atoms with van der Waals surface area (Å²) in [7, 11) is -3.71. The third-order valence-corrected chi connectivity index (χ3v) is 5.31. The van der Waals surface area contributed by atoms with Gasteiger partial charge in [0.15, 0.2) is 0 Å². The van der Waals surface area contributed by atoms with E-state index in [0.717, 1.165) is 5.56 Å². The minimum atomic E-state index is -3.71. The van der Waals surface area contributed by atoms with Crippen molar-refractivity contribution in [3.05, 3.63) is 65.2 Å². The van der Waals surface area contributed by atoms with Gasteiger partial charge in [-0.3, -0.25) is 0 Å². The van der Waals surface area contributed by atoms with E-state index >= 15 is 0 Å². The Morgan fingerprint density at radius 2 is 1.68 bits per heavy atom. The highest BCUT2D eigenvalue weighted by molar-refractivity contribution is 7.89. The van der Waals surface area contributed by atoms with E-state index in [2.05, 4.69) is 4.72 Å². The van der Waals surface area contributed by atoms with Crippen molar-refractivity contribution in [3.8, 4) is 0 Å². The number of aliphatic hydroxyl groups is 1. The quantitative estimate of drug-likeness (QED) is 0.850. The minimum absolute atomic E-state index is 0.121. The molecule has 0 radical (unpaired) electrons. The zero-order valence-corrected chi connectivity index (χ0v) is 13.7. The lowest BCUT2D eigenvalue weighted by Gasteiger charge is -2.23. The molecule has 0 saturated carbocycles. The van der Waals surface area contributed by atoms with Crippen molar-refractivity contribution in [3.63, 3.8) is 0 Å². The average molecular weight is 340 g/mol. The number of aliphatic hydroxyl groups excluding tert-OH is 1. The van der Waals surface area contributed by atoms with E-state index in [4.69, 9.17) is 11.6 Å². The summed E-state index contributed by atoms with van der Waals surface area (Å²) < 4.78 is 27.3. The van der Waals surface area contributed by atoms with E-state index in [9.17, 15) is 13.5 Å². The van der Waals surface area contributed by atoms with E-state index in [1.54, 1.807) is 0 Å². The van der Waals surface area contributed by atoms with Gasteiger partial charge in [-0.05, 0) is 35.7 Å². The molecule has 0 saturated heterocycles. The highest BCUT2D eigenvalue weighted by Gasteiger charge is 2.24. The molecule has 0 amide bonds. The Bertz CT molecular complexity index is 702. The van der Waals surface area contributed by atoms with Crippen LogP contribution in [0.25, 0.3) is 0 Å². The molecule has 22 heavy (non-hydrogen) atoms. The molecule has 0 unspecified atom stereocenters. The smallest absolute Gasteiger partial charge is 0.240 e. The van der Waals surface area contributed by atoms with Crippen molar-refractivity contribution >= 4 is 21.6 Å². The number of nitrogens with one attached hydrogen (secondary N) is 1. The van der Waals surface area contributed by atoms with Crippen molar-refractivity contribution in [1.29, 1.82) is 0 Å². The van der Waals surface area contributed by atoms with Crippen LogP contribution in [0.4, 0.5) is 0 Å². The second-order valence-electron chi connectivity index (χ2n) is 5.06. The predicted octanol–water partition coefficient (Wildman–Crippen LogP) is 2.78. The van der Waals surface area contributed by atoms with Gasteiger partial charge in [0.1, 0.15) is 0 Å². The third kappa shape index (κ3) is 4.08. The third-order valence-electron chi connectivity index (χ3n) is 3.56. The summed E-state index contributed by atoms with van der Waals surface area (Å²) in [6.07, 6.45) is 0. The summed E-state index contributed by atoms with van der Waals surface area (Å²) in [5, 5.41) is 10.0. The molecule has 2 N–H and O–H groups in total. The standard InChI is InChI=1S/C16H18ClNO3S/c1-12(13-5-3-2-4-6-13)16(11-19)18-22(20,21)15-9-7-14(17)8-10-15/h2-10,12,16,18-19H,11H2,1H3/t12-,16-/m1/s1. The molecule has 2 rings (SSSR count). The highest BCUT2D eigenvalue weighted by atomic mass is 35.5. The number of sulfonamides is 1. The number of hydrogen-bond donors (Lipinski definition) is 2. The summed E-state index contributed by atoms with van der Waals surface area (Å²) in [5.74, 6) is -0.159. The maximum absolute atomic E-state index is 12.4. The molecule has 2 atom stereocenters. The SMILES string of the molecule is C[C@H](c1ccccc1)[C@@H](CO)NS(=O)(=O)c1ccc(Cl)cc1. The van der Waals surface area contributed by atoms with E-state index in [1.165, 1.54) is 24.3 Å². The van der Waals surface area contributed by atoms with Crippen LogP contribution in [-0.4, -0.2) is 26.2 Å². The number of rotatable bonds is 6. The van der Waals surface area contributed by atoms with E-state index in [0.29, 0.717) is 5.02 Å². The summed E-state index contributed by atoms with van der Waals surface area (Å²) in [6, 6.07) is 14.8. The fourth-order valence-electron chi connectivity index (χ4n) is 2.17. The molecule has 2 aromatic rings. The number of hydrogen-bond acceptors (Lipinski definition) is 3. The Labute approximate surface area is 135 Å². The van der Waals surface area contributed by atoms with Crippen LogP contribution >= 0.6 is 11.6 Å². The molecule has 0 fully saturated rings. The summed E-state index contributed by atoms with van der Waals surface area (Å²) in [6.45, 7) is 1.59. The van der Waals surface area contributed by atoms with Gasteiger partial charge in [-0.15, -0.1) is 0 Å². The van der Waals surface area contributed by atoms with Crippen molar-refractivity contribution < 1.29 is 13.5 Å². The van der Waals surface area contributed by atoms with Gasteiger partial charge in [-0.2, -0.15) is 0 Å². The first kappa shape index (κ1) is 17.0. The fourth-order valence-corrected chi connectivity index (χ4v) is 3.60. The average Bonchev–Trinajstić information content (AvgIpc) is 2.53. The van der Waals surface area contributed by atoms with E-state index in [1.807, 2.05) is 37.3 Å². The van der Waals surface area contributed by atoms with Crippen LogP contribution in [0.15, 0.2) is 59.5 Å². The van der Waals surface area contributed by atoms with E-state index in [-0.39, 0.29) is 17.4 Å². The van der Waals surface area contributed by atoms with Crippen LogP contribution in [0.1, 0.15) is 18.4 Å². The molecular weight excluding hydrogens is 322 g/mol. The van der Waals surface area contributed by atoms with Gasteiger partial charge < -0.3 is 5.11 Å². The Balaban J connectivity index is 2.20. The molecule has 118 valence electrons. The maximum atomic E-state index is 12.4. The van der Waals surface area contributed by atoms with Crippen LogP contribution in [0.2, 0.25) is 5.02 Å². The van der Waals surface area contributed by atoms with Crippen molar-refractivity contribution in [2.45, 2.75) is 23.8 Å². The van der Waals surface area contributed by atoms with Crippen LogP contribution in [0.5, 0.6) is 0 Å². The normalized spacial score (nSPS) is 14.5. The van der Waals surface area contributed by atoms with Crippen LogP contribution in [0.3, 0.4) is 0 Å². The van der Waals surface area contributed by atoms with Gasteiger partial charge in [-0.25, -0.2) is 13.1 Å². The van der Waals surface area contributed by atoms with Crippen LogP contribution in [0, 0.1) is 0 Å². The zero-order chi connectivity index (χ0) is 16.2. The number of halogens is 1. The second kappa shape index (κ2) is 7.24. The fraction of sp³-hybridized carbons (Fsp3) is 0.250. The molecule has 2 aromatic carbocycles. The molecule has 0 aliphatic carbocycles. The van der Waals surface area contributed by atoms with Crippen LogP contribution in [-0.2, 0) is 10.0 Å². The first-order valence-electron chi connectivity index (χ1n) is 6.88. The predicted molar refractivity (Wildman–Crippen MR) is 87.5 cm³/mol. The summed E-state index contributed by atoms with van der Waals surface area (Å²) >= 11 is 5.77. The zero-order valence-electron chi connectivity index (χ0n) is 12.1. The lowest BCUT2D eigenvalue weighted by Crippen LogP contribution is -2.41. The largest absolute Gasteiger partial charge is 0.395 e. The molecule has 0 spiro atoms. The molecule has 6 heteroatoms. The van der Waals surface area contributed by atoms with Crippen molar-refractivity contribution in [1.82, 2.24) is 4.72 Å². The minimum Gasteiger partial charge on any atom is -0.395 e. The van der Waals surface area contributed by atoms with Gasteiger partial charge in [0.05, 0.1) is 17.5 Å². The van der Waals surface area contributed by atoms with E-state index < -0.39 is 16.1 Å². The first-order chi connectivity index (χ1) is 10.4. The van der Waals surface area contributed by atoms with Gasteiger partial charge in [0.2, 0.25) is 10.0 Å². The maximum Gasteiger partial charge on any atom is 0.240 e. The van der Waals surface area contributed by atoms with Crippen molar-refractivity contribution in [2.24, 2.45) is 0 Å². The first-order valence-corrected chi connectivity index (χ1v) is 8.74. The van der Waals surface area contributed by atoms with Gasteiger partial charge in [-0.1, -0.05) is 48.9 Å². The monoisotopic (exact) mass is 339 g/mol. The van der Waals surface area contributed by atoms with Gasteiger partial charge in [0.25, 0.3) is 0 Å². The van der Waals surface area contributed by atoms with Gasteiger partial charge in [0, 0.05) is 5.02 Å². The molecule has 0 bridgehead atoms. The molecule has 0 aromatic heterocycles. The Kier molecular flexibility index (Phi) is 5.58. The molecule has 4 nitrogen and oxygen atoms in total. The lowest BCUT2D eigenvalue weighted by molar-refractivity contribution is 0.242. The Morgan fingerprint density at radius 3 is 2.23 bits per heavy atom. The molecular formula is C16H18ClNO3S. The lowest BCUT2D eigenvalue weighted by atomic mass is 9.94. The topological polar surface area (TPSA) is 66.4 Å². The summed E-state index contributed by atoms with van der Waals surface area (Å²) in [4.78, 5) is 0.121.